The minimum absolute atomic E-state index is 0.532. The quantitative estimate of drug-likeness (QED) is 0.678. The number of hydrogen-bond donors (Lipinski definition) is 3. The van der Waals surface area contributed by atoms with Gasteiger partial charge in [-0.2, -0.15) is 5.10 Å². The highest BCUT2D eigenvalue weighted by Gasteiger charge is 2.12. The molecule has 0 radical (unpaired) electrons. The summed E-state index contributed by atoms with van der Waals surface area (Å²) in [6.45, 7) is 0. The van der Waals surface area contributed by atoms with Crippen molar-refractivity contribution in [1.82, 2.24) is 10.2 Å². The Morgan fingerprint density at radius 2 is 2.00 bits per heavy atom. The predicted octanol–water partition coefficient (Wildman–Crippen LogP) is 4.06. The standard InChI is InChI=1S/C16H15ClN4O/c1-22-13-7-3-6-12(9-13)19-16-14(18)15(20-21-16)10-4-2-5-11(17)8-10/h2-9H,18H2,1H3,(H2,19,20,21). The maximum absolute atomic E-state index is 6.17. The number of aromatic nitrogens is 2. The van der Waals surface area contributed by atoms with Crippen LogP contribution in [0.4, 0.5) is 17.2 Å². The molecule has 0 aliphatic rings. The zero-order valence-electron chi connectivity index (χ0n) is 11.9. The molecule has 2 aromatic carbocycles. The van der Waals surface area contributed by atoms with Crippen molar-refractivity contribution in [2.24, 2.45) is 0 Å². The minimum Gasteiger partial charge on any atom is -0.497 e. The average Bonchev–Trinajstić information content (AvgIpc) is 2.88. The van der Waals surface area contributed by atoms with Gasteiger partial charge in [-0.1, -0.05) is 29.8 Å². The summed E-state index contributed by atoms with van der Waals surface area (Å²) < 4.78 is 5.20. The molecule has 3 rings (SSSR count). The highest BCUT2D eigenvalue weighted by molar-refractivity contribution is 6.30. The van der Waals surface area contributed by atoms with Crippen molar-refractivity contribution in [2.75, 3.05) is 18.2 Å². The normalized spacial score (nSPS) is 10.5. The van der Waals surface area contributed by atoms with Crippen LogP contribution in [-0.4, -0.2) is 17.3 Å². The van der Waals surface area contributed by atoms with Gasteiger partial charge in [-0.3, -0.25) is 5.10 Å². The Balaban J connectivity index is 1.90. The molecule has 4 N–H and O–H groups in total. The minimum atomic E-state index is 0.532. The van der Waals surface area contributed by atoms with Crippen LogP contribution < -0.4 is 15.8 Å². The van der Waals surface area contributed by atoms with Crippen molar-refractivity contribution in [3.8, 4) is 17.0 Å². The summed E-state index contributed by atoms with van der Waals surface area (Å²) in [6, 6.07) is 15.0. The zero-order valence-corrected chi connectivity index (χ0v) is 12.7. The van der Waals surface area contributed by atoms with E-state index in [1.165, 1.54) is 0 Å². The molecule has 1 aromatic heterocycles. The second-order valence-corrected chi connectivity index (χ2v) is 5.16. The Kier molecular flexibility index (Phi) is 3.89. The molecule has 0 bridgehead atoms. The number of hydrogen-bond acceptors (Lipinski definition) is 4. The molecule has 5 nitrogen and oxygen atoms in total. The third-order valence-corrected chi connectivity index (χ3v) is 3.48. The van der Waals surface area contributed by atoms with Crippen molar-refractivity contribution in [3.63, 3.8) is 0 Å². The molecule has 3 aromatic rings. The Hall–Kier alpha value is -2.66. The molecule has 0 saturated carbocycles. The number of ether oxygens (including phenoxy) is 1. The SMILES string of the molecule is COc1cccc(Nc2n[nH]c(-c3cccc(Cl)c3)c2N)c1. The van der Waals surface area contributed by atoms with Gasteiger partial charge < -0.3 is 15.8 Å². The summed E-state index contributed by atoms with van der Waals surface area (Å²) in [5, 5.41) is 11.0. The molecule has 22 heavy (non-hydrogen) atoms. The second-order valence-electron chi connectivity index (χ2n) is 4.73. The molecule has 0 unspecified atom stereocenters. The number of aromatic amines is 1. The smallest absolute Gasteiger partial charge is 0.176 e. The van der Waals surface area contributed by atoms with Crippen LogP contribution in [0.5, 0.6) is 5.75 Å². The summed E-state index contributed by atoms with van der Waals surface area (Å²) >= 11 is 6.01. The first-order valence-corrected chi connectivity index (χ1v) is 7.06. The van der Waals surface area contributed by atoms with Gasteiger partial charge in [0.05, 0.1) is 12.8 Å². The number of benzene rings is 2. The lowest BCUT2D eigenvalue weighted by Gasteiger charge is -2.06. The van der Waals surface area contributed by atoms with E-state index in [1.54, 1.807) is 7.11 Å². The van der Waals surface area contributed by atoms with Crippen LogP contribution in [0.15, 0.2) is 48.5 Å². The summed E-state index contributed by atoms with van der Waals surface area (Å²) in [5.41, 5.74) is 9.16. The molecule has 1 heterocycles. The van der Waals surface area contributed by atoms with E-state index in [2.05, 4.69) is 15.5 Å². The van der Waals surface area contributed by atoms with Gasteiger partial charge in [0.1, 0.15) is 11.4 Å². The number of nitrogen functional groups attached to an aromatic ring is 1. The largest absolute Gasteiger partial charge is 0.497 e. The van der Waals surface area contributed by atoms with E-state index < -0.39 is 0 Å². The molecule has 0 atom stereocenters. The molecule has 0 amide bonds. The Morgan fingerprint density at radius 3 is 2.77 bits per heavy atom. The maximum atomic E-state index is 6.17. The number of nitrogens with one attached hydrogen (secondary N) is 2. The van der Waals surface area contributed by atoms with Crippen LogP contribution in [-0.2, 0) is 0 Å². The van der Waals surface area contributed by atoms with Gasteiger partial charge >= 0.3 is 0 Å². The molecule has 0 spiro atoms. The van der Waals surface area contributed by atoms with E-state index in [0.717, 1.165) is 22.7 Å². The molecule has 6 heteroatoms. The van der Waals surface area contributed by atoms with Gasteiger partial charge in [0.25, 0.3) is 0 Å². The van der Waals surface area contributed by atoms with E-state index in [1.807, 2.05) is 48.5 Å². The number of halogens is 1. The number of nitrogens with zero attached hydrogens (tertiary/aromatic N) is 1. The Morgan fingerprint density at radius 1 is 1.18 bits per heavy atom. The molecule has 0 saturated heterocycles. The number of anilines is 3. The van der Waals surface area contributed by atoms with Crippen LogP contribution in [0.2, 0.25) is 5.02 Å². The highest BCUT2D eigenvalue weighted by Crippen LogP contribution is 2.32. The van der Waals surface area contributed by atoms with Gasteiger partial charge in [-0.25, -0.2) is 0 Å². The summed E-state index contributed by atoms with van der Waals surface area (Å²) in [4.78, 5) is 0. The van der Waals surface area contributed by atoms with E-state index in [0.29, 0.717) is 16.5 Å². The van der Waals surface area contributed by atoms with Gasteiger partial charge in [0.15, 0.2) is 5.82 Å². The van der Waals surface area contributed by atoms with E-state index in [4.69, 9.17) is 22.1 Å². The lowest BCUT2D eigenvalue weighted by Crippen LogP contribution is -1.96. The van der Waals surface area contributed by atoms with Crippen molar-refractivity contribution in [2.45, 2.75) is 0 Å². The third-order valence-electron chi connectivity index (χ3n) is 3.25. The van der Waals surface area contributed by atoms with Gasteiger partial charge in [-0.15, -0.1) is 0 Å². The van der Waals surface area contributed by atoms with Crippen LogP contribution in [0.1, 0.15) is 0 Å². The van der Waals surface area contributed by atoms with E-state index in [9.17, 15) is 0 Å². The predicted molar refractivity (Wildman–Crippen MR) is 89.7 cm³/mol. The molecule has 0 aliphatic heterocycles. The average molecular weight is 315 g/mol. The molecule has 0 fully saturated rings. The first-order chi connectivity index (χ1) is 10.7. The molecule has 0 aliphatic carbocycles. The van der Waals surface area contributed by atoms with Crippen molar-refractivity contribution in [3.05, 3.63) is 53.6 Å². The van der Waals surface area contributed by atoms with Crippen LogP contribution in [0.25, 0.3) is 11.3 Å². The summed E-state index contributed by atoms with van der Waals surface area (Å²) in [5.74, 6) is 1.32. The number of rotatable bonds is 4. The van der Waals surface area contributed by atoms with Gasteiger partial charge in [-0.05, 0) is 24.3 Å². The van der Waals surface area contributed by atoms with Crippen molar-refractivity contribution < 1.29 is 4.74 Å². The van der Waals surface area contributed by atoms with Crippen LogP contribution in [0, 0.1) is 0 Å². The number of nitrogens with two attached hydrogens (primary N) is 1. The fourth-order valence-corrected chi connectivity index (χ4v) is 2.34. The lowest BCUT2D eigenvalue weighted by atomic mass is 10.1. The molecule has 112 valence electrons. The van der Waals surface area contributed by atoms with Crippen LogP contribution >= 0.6 is 11.6 Å². The monoisotopic (exact) mass is 314 g/mol. The van der Waals surface area contributed by atoms with Gasteiger partial charge in [0.2, 0.25) is 0 Å². The molecular weight excluding hydrogens is 300 g/mol. The fraction of sp³-hybridized carbons (Fsp3) is 0.0625. The van der Waals surface area contributed by atoms with Crippen LogP contribution in [0.3, 0.4) is 0 Å². The first-order valence-electron chi connectivity index (χ1n) is 6.68. The zero-order chi connectivity index (χ0) is 15.5. The fourth-order valence-electron chi connectivity index (χ4n) is 2.15. The number of H-pyrrole nitrogens is 1. The lowest BCUT2D eigenvalue weighted by molar-refractivity contribution is 0.415. The third kappa shape index (κ3) is 2.84. The van der Waals surface area contributed by atoms with Crippen molar-refractivity contribution >= 4 is 28.8 Å². The van der Waals surface area contributed by atoms with Crippen molar-refractivity contribution in [1.29, 1.82) is 0 Å². The maximum Gasteiger partial charge on any atom is 0.176 e. The van der Waals surface area contributed by atoms with Gasteiger partial charge in [0, 0.05) is 22.3 Å². The van der Waals surface area contributed by atoms with E-state index >= 15 is 0 Å². The Bertz CT molecular complexity index is 800. The molecular formula is C16H15ClN4O. The summed E-state index contributed by atoms with van der Waals surface area (Å²) in [6.07, 6.45) is 0. The topological polar surface area (TPSA) is 76.0 Å². The Labute approximate surface area is 133 Å². The highest BCUT2D eigenvalue weighted by atomic mass is 35.5. The number of methoxy groups -OCH3 is 1. The summed E-state index contributed by atoms with van der Waals surface area (Å²) in [7, 11) is 1.62. The second kappa shape index (κ2) is 5.99. The van der Waals surface area contributed by atoms with E-state index in [-0.39, 0.29) is 0 Å². The first kappa shape index (κ1) is 14.3.